The molecule has 0 nitrogen and oxygen atoms in total. The van der Waals surface area contributed by atoms with Gasteiger partial charge in [-0.05, 0) is 25.2 Å². The van der Waals surface area contributed by atoms with Crippen LogP contribution in [0.4, 0.5) is 0 Å². The molecule has 0 aliphatic heterocycles. The molecule has 0 aromatic carbocycles. The molecule has 0 aromatic heterocycles. The van der Waals surface area contributed by atoms with Gasteiger partial charge >= 0.3 is 0 Å². The molecule has 0 aliphatic carbocycles. The van der Waals surface area contributed by atoms with Gasteiger partial charge in [0.25, 0.3) is 0 Å². The standard InChI is InChI=1S/C34H72P2/c1-3-5-7-9-11-13-15-17-19-21-23-25-27-29-31-33-35-36-34-32-30-28-26-24-22-20-18-16-14-12-10-8-6-4-2/h35-36H,3-34H2,1-2H3. The second kappa shape index (κ2) is 35.9. The molecule has 0 saturated heterocycles. The normalized spacial score (nSPS) is 12.2. The second-order valence-electron chi connectivity index (χ2n) is 11.8. The van der Waals surface area contributed by atoms with E-state index in [1.54, 1.807) is 0 Å². The van der Waals surface area contributed by atoms with Crippen molar-refractivity contribution in [3.05, 3.63) is 0 Å². The molecule has 0 radical (unpaired) electrons. The van der Waals surface area contributed by atoms with Crippen molar-refractivity contribution in [2.45, 2.75) is 206 Å². The minimum atomic E-state index is 1.28. The third kappa shape index (κ3) is 34.9. The van der Waals surface area contributed by atoms with E-state index in [0.717, 1.165) is 0 Å². The highest BCUT2D eigenvalue weighted by atomic mass is 32.0. The van der Waals surface area contributed by atoms with Crippen molar-refractivity contribution in [1.82, 2.24) is 0 Å². The Morgan fingerprint density at radius 2 is 0.389 bits per heavy atom. The van der Waals surface area contributed by atoms with Crippen LogP contribution in [0.2, 0.25) is 0 Å². The Kier molecular flexibility index (Phi) is 36.7. The molecule has 0 fully saturated rings. The number of hydrogen-bond acceptors (Lipinski definition) is 0. The topological polar surface area (TPSA) is 0 Å². The van der Waals surface area contributed by atoms with Crippen molar-refractivity contribution in [3.63, 3.8) is 0 Å². The lowest BCUT2D eigenvalue weighted by atomic mass is 10.0. The first-order valence-corrected chi connectivity index (χ1v) is 20.8. The Morgan fingerprint density at radius 1 is 0.222 bits per heavy atom. The van der Waals surface area contributed by atoms with Crippen LogP contribution in [-0.4, -0.2) is 12.3 Å². The summed E-state index contributed by atoms with van der Waals surface area (Å²) in [5.41, 5.74) is 0. The van der Waals surface area contributed by atoms with Crippen molar-refractivity contribution in [3.8, 4) is 0 Å². The average Bonchev–Trinajstić information content (AvgIpc) is 2.89. The third-order valence-corrected chi connectivity index (χ3v) is 11.6. The Bertz CT molecular complexity index is 323. The van der Waals surface area contributed by atoms with E-state index in [1.165, 1.54) is 221 Å². The summed E-state index contributed by atoms with van der Waals surface area (Å²) >= 11 is 0. The fourth-order valence-electron chi connectivity index (χ4n) is 5.35. The molecule has 0 rings (SSSR count). The molecule has 2 heteroatoms. The van der Waals surface area contributed by atoms with Crippen molar-refractivity contribution in [2.24, 2.45) is 0 Å². The molecule has 0 amide bonds. The zero-order valence-corrected chi connectivity index (χ0v) is 27.6. The maximum absolute atomic E-state index is 2.31. The summed E-state index contributed by atoms with van der Waals surface area (Å²) < 4.78 is 0. The maximum Gasteiger partial charge on any atom is -0.0317 e. The molecule has 0 aromatic rings. The zero-order valence-electron chi connectivity index (χ0n) is 25.6. The van der Waals surface area contributed by atoms with Crippen LogP contribution in [-0.2, 0) is 0 Å². The highest BCUT2D eigenvalue weighted by Gasteiger charge is 1.97. The maximum atomic E-state index is 2.31. The Hall–Kier alpha value is 0.860. The summed E-state index contributed by atoms with van der Waals surface area (Å²) in [6.45, 7) is 4.62. The molecule has 2 unspecified atom stereocenters. The van der Waals surface area contributed by atoms with Crippen molar-refractivity contribution in [1.29, 1.82) is 0 Å². The van der Waals surface area contributed by atoms with Gasteiger partial charge in [0, 0.05) is 0 Å². The summed E-state index contributed by atoms with van der Waals surface area (Å²) in [4.78, 5) is 0. The lowest BCUT2D eigenvalue weighted by Gasteiger charge is -2.05. The zero-order chi connectivity index (χ0) is 26.0. The fourth-order valence-corrected chi connectivity index (χ4v) is 8.67. The lowest BCUT2D eigenvalue weighted by Crippen LogP contribution is -1.84. The van der Waals surface area contributed by atoms with Crippen LogP contribution in [0, 0.1) is 0 Å². The molecule has 0 bridgehead atoms. The van der Waals surface area contributed by atoms with Crippen molar-refractivity contribution in [2.75, 3.05) is 12.3 Å². The van der Waals surface area contributed by atoms with Gasteiger partial charge in [-0.1, -0.05) is 210 Å². The van der Waals surface area contributed by atoms with Crippen LogP contribution in [0.5, 0.6) is 0 Å². The van der Waals surface area contributed by atoms with Gasteiger partial charge in [0.2, 0.25) is 0 Å². The third-order valence-electron chi connectivity index (χ3n) is 7.94. The number of rotatable bonds is 33. The largest absolute Gasteiger partial charge is 0.0992 e. The van der Waals surface area contributed by atoms with Gasteiger partial charge in [0.15, 0.2) is 0 Å². The molecule has 36 heavy (non-hydrogen) atoms. The first kappa shape index (κ1) is 36.9. The van der Waals surface area contributed by atoms with Crippen molar-refractivity contribution >= 4 is 16.5 Å². The summed E-state index contributed by atoms with van der Waals surface area (Å²) in [5.74, 6) is 0. The minimum Gasteiger partial charge on any atom is -0.0992 e. The SMILES string of the molecule is CCCCCCCCCCCCCCCCCPPCCCCCCCCCCCCCCCCC. The van der Waals surface area contributed by atoms with E-state index >= 15 is 0 Å². The first-order chi connectivity index (χ1) is 17.9. The van der Waals surface area contributed by atoms with Crippen LogP contribution < -0.4 is 0 Å². The second-order valence-corrected chi connectivity index (χ2v) is 15.6. The number of hydrogen-bond donors (Lipinski definition) is 0. The molecule has 0 aliphatic rings. The quantitative estimate of drug-likeness (QED) is 0.0571. The molecule has 0 spiro atoms. The monoisotopic (exact) mass is 543 g/mol. The van der Waals surface area contributed by atoms with Gasteiger partial charge in [0.05, 0.1) is 0 Å². The Balaban J connectivity index is 3.00. The lowest BCUT2D eigenvalue weighted by molar-refractivity contribution is 0.535. The molecule has 2 atom stereocenters. The molecular formula is C34H72P2. The molecular weight excluding hydrogens is 470 g/mol. The molecule has 0 saturated carbocycles. The van der Waals surface area contributed by atoms with Crippen LogP contribution in [0.15, 0.2) is 0 Å². The molecule has 218 valence electrons. The van der Waals surface area contributed by atoms with Crippen LogP contribution in [0.3, 0.4) is 0 Å². The Morgan fingerprint density at radius 3 is 0.583 bits per heavy atom. The fraction of sp³-hybridized carbons (Fsp3) is 1.00. The predicted octanol–water partition coefficient (Wildman–Crippen LogP) is 14.0. The summed E-state index contributed by atoms with van der Waals surface area (Å²) in [7, 11) is 2.56. The van der Waals surface area contributed by atoms with Crippen LogP contribution in [0.25, 0.3) is 0 Å². The molecule has 0 N–H and O–H groups in total. The summed E-state index contributed by atoms with van der Waals surface area (Å²) in [6, 6.07) is 0. The highest BCUT2D eigenvalue weighted by Crippen LogP contribution is 2.38. The number of unbranched alkanes of at least 4 members (excludes halogenated alkanes) is 28. The summed E-state index contributed by atoms with van der Waals surface area (Å²) in [6.07, 6.45) is 47.6. The average molecular weight is 543 g/mol. The van der Waals surface area contributed by atoms with E-state index in [9.17, 15) is 0 Å². The minimum absolute atomic E-state index is 1.28. The van der Waals surface area contributed by atoms with Gasteiger partial charge in [0.1, 0.15) is 0 Å². The highest BCUT2D eigenvalue weighted by molar-refractivity contribution is 8.11. The van der Waals surface area contributed by atoms with Crippen LogP contribution >= 0.6 is 16.5 Å². The van der Waals surface area contributed by atoms with E-state index in [2.05, 4.69) is 13.8 Å². The molecule has 0 heterocycles. The van der Waals surface area contributed by atoms with Gasteiger partial charge in [-0.3, -0.25) is 0 Å². The smallest absolute Gasteiger partial charge is 0.0317 e. The Labute approximate surface area is 235 Å². The van der Waals surface area contributed by atoms with E-state index in [-0.39, 0.29) is 0 Å². The van der Waals surface area contributed by atoms with E-state index < -0.39 is 0 Å². The van der Waals surface area contributed by atoms with Crippen molar-refractivity contribution < 1.29 is 0 Å². The van der Waals surface area contributed by atoms with Crippen LogP contribution in [0.1, 0.15) is 206 Å². The van der Waals surface area contributed by atoms with Gasteiger partial charge in [-0.15, -0.1) is 0 Å². The summed E-state index contributed by atoms with van der Waals surface area (Å²) in [5, 5.41) is 0. The van der Waals surface area contributed by atoms with E-state index in [0.29, 0.717) is 0 Å². The predicted molar refractivity (Wildman–Crippen MR) is 176 cm³/mol. The van der Waals surface area contributed by atoms with E-state index in [4.69, 9.17) is 0 Å². The van der Waals surface area contributed by atoms with Gasteiger partial charge in [-0.2, -0.15) is 0 Å². The van der Waals surface area contributed by atoms with E-state index in [1.807, 2.05) is 0 Å². The van der Waals surface area contributed by atoms with Gasteiger partial charge < -0.3 is 0 Å². The van der Waals surface area contributed by atoms with Gasteiger partial charge in [-0.25, -0.2) is 0 Å². The first-order valence-electron chi connectivity index (χ1n) is 17.4.